The van der Waals surface area contributed by atoms with E-state index in [1.54, 1.807) is 0 Å². The molecule has 122 valence electrons. The van der Waals surface area contributed by atoms with Gasteiger partial charge in [-0.15, -0.1) is 0 Å². The lowest BCUT2D eigenvalue weighted by Gasteiger charge is -2.24. The van der Waals surface area contributed by atoms with E-state index in [4.69, 9.17) is 0 Å². The van der Waals surface area contributed by atoms with Crippen molar-refractivity contribution < 1.29 is 0 Å². The van der Waals surface area contributed by atoms with Crippen LogP contribution in [0.3, 0.4) is 0 Å². The third-order valence-electron chi connectivity index (χ3n) is 4.85. The molecule has 2 atom stereocenters. The minimum absolute atomic E-state index is 0.334. The molecule has 0 spiro atoms. The third-order valence-corrected chi connectivity index (χ3v) is 4.85. The van der Waals surface area contributed by atoms with E-state index >= 15 is 0 Å². The number of likely N-dealkylation sites (tertiary alicyclic amines) is 1. The van der Waals surface area contributed by atoms with Crippen molar-refractivity contribution in [3.05, 3.63) is 0 Å². The highest BCUT2D eigenvalue weighted by atomic mass is 15.1. The van der Waals surface area contributed by atoms with Gasteiger partial charge in [0, 0.05) is 0 Å². The second-order valence-electron chi connectivity index (χ2n) is 6.86. The third kappa shape index (κ3) is 7.29. The van der Waals surface area contributed by atoms with Gasteiger partial charge in [0.25, 0.3) is 0 Å². The van der Waals surface area contributed by atoms with Gasteiger partial charge in [-0.3, -0.25) is 5.32 Å². The SMILES string of the molecule is CCCC1CCCN(CCCCC(C)(C#N)NCC)CC1. The Morgan fingerprint density at radius 1 is 1.24 bits per heavy atom. The zero-order valence-electron chi connectivity index (χ0n) is 14.5. The van der Waals surface area contributed by atoms with Crippen molar-refractivity contribution in [2.45, 2.75) is 77.7 Å². The largest absolute Gasteiger partial charge is 0.303 e. The molecule has 0 aromatic heterocycles. The normalized spacial score (nSPS) is 23.2. The summed E-state index contributed by atoms with van der Waals surface area (Å²) in [6.07, 6.45) is 10.3. The van der Waals surface area contributed by atoms with Gasteiger partial charge in [0.15, 0.2) is 0 Å². The predicted molar refractivity (Wildman–Crippen MR) is 90.2 cm³/mol. The minimum Gasteiger partial charge on any atom is -0.303 e. The summed E-state index contributed by atoms with van der Waals surface area (Å²) in [5, 5.41) is 12.6. The van der Waals surface area contributed by atoms with Crippen LogP contribution in [-0.4, -0.2) is 36.6 Å². The maximum atomic E-state index is 9.26. The fourth-order valence-corrected chi connectivity index (χ4v) is 3.53. The molecule has 1 aliphatic heterocycles. The molecule has 2 unspecified atom stereocenters. The molecular formula is C18H35N3. The summed E-state index contributed by atoms with van der Waals surface area (Å²) in [5.41, 5.74) is -0.334. The van der Waals surface area contributed by atoms with E-state index in [0.29, 0.717) is 0 Å². The summed E-state index contributed by atoms with van der Waals surface area (Å²) < 4.78 is 0. The summed E-state index contributed by atoms with van der Waals surface area (Å²) in [6, 6.07) is 2.42. The summed E-state index contributed by atoms with van der Waals surface area (Å²) >= 11 is 0. The van der Waals surface area contributed by atoms with Crippen LogP contribution in [0, 0.1) is 17.2 Å². The maximum Gasteiger partial charge on any atom is 0.103 e. The molecule has 0 saturated carbocycles. The van der Waals surface area contributed by atoms with E-state index in [9.17, 15) is 5.26 Å². The average molecular weight is 293 g/mol. The zero-order chi connectivity index (χ0) is 15.6. The summed E-state index contributed by atoms with van der Waals surface area (Å²) in [7, 11) is 0. The number of rotatable bonds is 9. The molecular weight excluding hydrogens is 258 g/mol. The Morgan fingerprint density at radius 3 is 2.71 bits per heavy atom. The maximum absolute atomic E-state index is 9.26. The smallest absolute Gasteiger partial charge is 0.103 e. The molecule has 3 nitrogen and oxygen atoms in total. The van der Waals surface area contributed by atoms with Crippen LogP contribution in [0.25, 0.3) is 0 Å². The van der Waals surface area contributed by atoms with Crippen LogP contribution < -0.4 is 5.32 Å². The van der Waals surface area contributed by atoms with Gasteiger partial charge in [-0.05, 0) is 77.5 Å². The predicted octanol–water partition coefficient (Wildman–Crippen LogP) is 3.95. The Morgan fingerprint density at radius 2 is 2.05 bits per heavy atom. The Hall–Kier alpha value is -0.590. The number of unbranched alkanes of at least 4 members (excludes halogenated alkanes) is 1. The first-order valence-corrected chi connectivity index (χ1v) is 9.02. The van der Waals surface area contributed by atoms with Crippen LogP contribution in [-0.2, 0) is 0 Å². The van der Waals surface area contributed by atoms with Crippen LogP contribution >= 0.6 is 0 Å². The van der Waals surface area contributed by atoms with Crippen LogP contribution in [0.5, 0.6) is 0 Å². The summed E-state index contributed by atoms with van der Waals surface area (Å²) in [4.78, 5) is 2.65. The molecule has 0 aromatic rings. The topological polar surface area (TPSA) is 39.1 Å². The average Bonchev–Trinajstić information content (AvgIpc) is 2.70. The first-order chi connectivity index (χ1) is 10.1. The number of hydrogen-bond acceptors (Lipinski definition) is 3. The van der Waals surface area contributed by atoms with Gasteiger partial charge < -0.3 is 4.90 Å². The zero-order valence-corrected chi connectivity index (χ0v) is 14.5. The van der Waals surface area contributed by atoms with Gasteiger partial charge in [0.1, 0.15) is 5.54 Å². The fourth-order valence-electron chi connectivity index (χ4n) is 3.53. The van der Waals surface area contributed by atoms with Crippen LogP contribution in [0.15, 0.2) is 0 Å². The molecule has 0 bridgehead atoms. The van der Waals surface area contributed by atoms with Gasteiger partial charge in [-0.2, -0.15) is 5.26 Å². The molecule has 0 amide bonds. The molecule has 1 fully saturated rings. The highest BCUT2D eigenvalue weighted by molar-refractivity contribution is 5.03. The van der Waals surface area contributed by atoms with E-state index in [-0.39, 0.29) is 5.54 Å². The lowest BCUT2D eigenvalue weighted by Crippen LogP contribution is -2.40. The molecule has 1 saturated heterocycles. The Labute approximate surface area is 132 Å². The highest BCUT2D eigenvalue weighted by Gasteiger charge is 2.21. The first-order valence-electron chi connectivity index (χ1n) is 9.02. The van der Waals surface area contributed by atoms with E-state index in [1.807, 2.05) is 6.92 Å². The quantitative estimate of drug-likeness (QED) is 0.654. The standard InChI is InChI=1S/C18H35N3/c1-4-9-17-10-8-14-21(15-11-17)13-7-6-12-18(3,16-19)20-5-2/h17,20H,4-15H2,1-3H3. The molecule has 0 aliphatic carbocycles. The summed E-state index contributed by atoms with van der Waals surface area (Å²) in [5.74, 6) is 0.968. The lowest BCUT2D eigenvalue weighted by molar-refractivity contribution is 0.268. The van der Waals surface area contributed by atoms with Gasteiger partial charge in [-0.1, -0.05) is 26.7 Å². The fraction of sp³-hybridized carbons (Fsp3) is 0.944. The van der Waals surface area contributed by atoms with Crippen molar-refractivity contribution in [1.29, 1.82) is 5.26 Å². The van der Waals surface area contributed by atoms with Crippen LogP contribution in [0.2, 0.25) is 0 Å². The van der Waals surface area contributed by atoms with Crippen molar-refractivity contribution in [2.75, 3.05) is 26.2 Å². The monoisotopic (exact) mass is 293 g/mol. The second kappa shape index (κ2) is 10.2. The summed E-state index contributed by atoms with van der Waals surface area (Å²) in [6.45, 7) is 11.0. The second-order valence-corrected chi connectivity index (χ2v) is 6.86. The van der Waals surface area contributed by atoms with Crippen molar-refractivity contribution >= 4 is 0 Å². The molecule has 1 N–H and O–H groups in total. The number of nitrogens with one attached hydrogen (secondary N) is 1. The molecule has 0 aromatic carbocycles. The van der Waals surface area contributed by atoms with Gasteiger partial charge in [0.05, 0.1) is 6.07 Å². The molecule has 3 heteroatoms. The Bertz CT molecular complexity index is 310. The van der Waals surface area contributed by atoms with Gasteiger partial charge in [0.2, 0.25) is 0 Å². The van der Waals surface area contributed by atoms with Crippen molar-refractivity contribution in [2.24, 2.45) is 5.92 Å². The van der Waals surface area contributed by atoms with Crippen molar-refractivity contribution in [1.82, 2.24) is 10.2 Å². The molecule has 0 radical (unpaired) electrons. The molecule has 1 heterocycles. The number of hydrogen-bond donors (Lipinski definition) is 1. The van der Waals surface area contributed by atoms with E-state index in [2.05, 4.69) is 30.1 Å². The molecule has 1 aliphatic rings. The van der Waals surface area contributed by atoms with Crippen molar-refractivity contribution in [3.63, 3.8) is 0 Å². The lowest BCUT2D eigenvalue weighted by atomic mass is 9.96. The number of nitrogens with zero attached hydrogens (tertiary/aromatic N) is 2. The molecule has 1 rings (SSSR count). The van der Waals surface area contributed by atoms with Gasteiger partial charge in [-0.25, -0.2) is 0 Å². The van der Waals surface area contributed by atoms with E-state index in [0.717, 1.165) is 25.3 Å². The van der Waals surface area contributed by atoms with Gasteiger partial charge >= 0.3 is 0 Å². The Kier molecular flexibility index (Phi) is 8.96. The van der Waals surface area contributed by atoms with Crippen LogP contribution in [0.4, 0.5) is 0 Å². The van der Waals surface area contributed by atoms with Crippen molar-refractivity contribution in [3.8, 4) is 6.07 Å². The Balaban J connectivity index is 2.19. The minimum atomic E-state index is -0.334. The van der Waals surface area contributed by atoms with E-state index < -0.39 is 0 Å². The van der Waals surface area contributed by atoms with E-state index in [1.165, 1.54) is 58.2 Å². The van der Waals surface area contributed by atoms with Crippen LogP contribution in [0.1, 0.15) is 72.1 Å². The number of nitriles is 1. The highest BCUT2D eigenvalue weighted by Crippen LogP contribution is 2.22. The first kappa shape index (κ1) is 18.5. The molecule has 21 heavy (non-hydrogen) atoms.